The minimum Gasteiger partial charge on any atom is -0.497 e. The summed E-state index contributed by atoms with van der Waals surface area (Å²) in [5.41, 5.74) is 0.919. The third-order valence-electron chi connectivity index (χ3n) is 4.61. The molecule has 0 amide bonds. The van der Waals surface area contributed by atoms with Crippen LogP contribution in [0.4, 0.5) is 0 Å². The van der Waals surface area contributed by atoms with Crippen molar-refractivity contribution in [2.75, 3.05) is 7.11 Å². The molecule has 27 heavy (non-hydrogen) atoms. The number of hydrogen-bond acceptors (Lipinski definition) is 3. The molecule has 4 rings (SSSR count). The van der Waals surface area contributed by atoms with Gasteiger partial charge in [-0.05, 0) is 57.4 Å². The number of rotatable bonds is 5. The summed E-state index contributed by atoms with van der Waals surface area (Å²) < 4.78 is 33.3. The zero-order chi connectivity index (χ0) is 18.9. The van der Waals surface area contributed by atoms with Gasteiger partial charge in [-0.25, -0.2) is 13.1 Å². The van der Waals surface area contributed by atoms with E-state index in [2.05, 4.69) is 4.72 Å². The van der Waals surface area contributed by atoms with E-state index in [1.807, 2.05) is 60.7 Å². The Bertz CT molecular complexity index is 1230. The average molecular weight is 377 g/mol. The summed E-state index contributed by atoms with van der Waals surface area (Å²) in [4.78, 5) is 0.251. The van der Waals surface area contributed by atoms with Gasteiger partial charge in [-0.2, -0.15) is 0 Å². The lowest BCUT2D eigenvalue weighted by Gasteiger charge is -2.09. The highest BCUT2D eigenvalue weighted by Gasteiger charge is 2.14. The minimum atomic E-state index is -3.60. The summed E-state index contributed by atoms with van der Waals surface area (Å²) in [6.45, 7) is 0.244. The van der Waals surface area contributed by atoms with Crippen LogP contribution in [0.3, 0.4) is 0 Å². The van der Waals surface area contributed by atoms with Crippen molar-refractivity contribution in [3.63, 3.8) is 0 Å². The van der Waals surface area contributed by atoms with Crippen LogP contribution in [0.15, 0.2) is 83.8 Å². The number of sulfonamides is 1. The molecule has 5 heteroatoms. The van der Waals surface area contributed by atoms with Crippen molar-refractivity contribution in [3.05, 3.63) is 84.4 Å². The van der Waals surface area contributed by atoms with Crippen LogP contribution in [0.5, 0.6) is 5.75 Å². The highest BCUT2D eigenvalue weighted by molar-refractivity contribution is 7.89. The molecule has 4 aromatic carbocycles. The van der Waals surface area contributed by atoms with Gasteiger partial charge < -0.3 is 4.74 Å². The Kier molecular flexibility index (Phi) is 4.56. The van der Waals surface area contributed by atoms with Gasteiger partial charge in [-0.3, -0.25) is 0 Å². The van der Waals surface area contributed by atoms with Crippen LogP contribution < -0.4 is 9.46 Å². The van der Waals surface area contributed by atoms with E-state index in [4.69, 9.17) is 4.74 Å². The first-order valence-electron chi connectivity index (χ1n) is 8.60. The molecular formula is C22H19NO3S. The van der Waals surface area contributed by atoms with Crippen LogP contribution in [-0.2, 0) is 16.6 Å². The van der Waals surface area contributed by atoms with Crippen LogP contribution in [0.25, 0.3) is 21.5 Å². The zero-order valence-electron chi connectivity index (χ0n) is 14.8. The third kappa shape index (κ3) is 3.65. The molecule has 0 heterocycles. The molecule has 4 nitrogen and oxygen atoms in total. The predicted octanol–water partition coefficient (Wildman–Crippen LogP) is 4.48. The second kappa shape index (κ2) is 7.02. The van der Waals surface area contributed by atoms with Crippen molar-refractivity contribution >= 4 is 31.6 Å². The Morgan fingerprint density at radius 1 is 0.778 bits per heavy atom. The third-order valence-corrected chi connectivity index (χ3v) is 6.01. The lowest BCUT2D eigenvalue weighted by Crippen LogP contribution is -2.23. The van der Waals surface area contributed by atoms with Gasteiger partial charge in [0, 0.05) is 6.54 Å². The lowest BCUT2D eigenvalue weighted by atomic mass is 10.1. The summed E-state index contributed by atoms with van der Waals surface area (Å²) in [6, 6.07) is 24.6. The van der Waals surface area contributed by atoms with E-state index in [-0.39, 0.29) is 11.4 Å². The Morgan fingerprint density at radius 3 is 2.26 bits per heavy atom. The van der Waals surface area contributed by atoms with Gasteiger partial charge in [-0.1, -0.05) is 48.5 Å². The minimum absolute atomic E-state index is 0.244. The quantitative estimate of drug-likeness (QED) is 0.558. The first-order chi connectivity index (χ1) is 13.0. The first kappa shape index (κ1) is 17.5. The Labute approximate surface area is 158 Å². The van der Waals surface area contributed by atoms with Gasteiger partial charge >= 0.3 is 0 Å². The summed E-state index contributed by atoms with van der Waals surface area (Å²) >= 11 is 0. The van der Waals surface area contributed by atoms with Gasteiger partial charge in [0.2, 0.25) is 10.0 Å². The molecule has 0 fully saturated rings. The van der Waals surface area contributed by atoms with Crippen LogP contribution in [-0.4, -0.2) is 15.5 Å². The van der Waals surface area contributed by atoms with Crippen molar-refractivity contribution in [2.45, 2.75) is 11.4 Å². The van der Waals surface area contributed by atoms with Crippen molar-refractivity contribution in [3.8, 4) is 5.75 Å². The molecule has 0 radical (unpaired) electrons. The molecule has 4 aromatic rings. The second-order valence-corrected chi connectivity index (χ2v) is 8.15. The molecule has 0 aliphatic heterocycles. The van der Waals surface area contributed by atoms with Gasteiger partial charge in [0.25, 0.3) is 0 Å². The number of methoxy groups -OCH3 is 1. The van der Waals surface area contributed by atoms with E-state index in [9.17, 15) is 8.42 Å². The van der Waals surface area contributed by atoms with E-state index in [0.717, 1.165) is 32.9 Å². The number of hydrogen-bond donors (Lipinski definition) is 1. The van der Waals surface area contributed by atoms with Gasteiger partial charge in [0.1, 0.15) is 5.75 Å². The summed E-state index contributed by atoms with van der Waals surface area (Å²) in [5, 5.41) is 4.01. The summed E-state index contributed by atoms with van der Waals surface area (Å²) in [6.07, 6.45) is 0. The SMILES string of the molecule is COc1ccc2cc(S(=O)(=O)NCc3ccc4ccccc4c3)ccc2c1. The monoisotopic (exact) mass is 377 g/mol. The van der Waals surface area contributed by atoms with Crippen LogP contribution in [0.2, 0.25) is 0 Å². The molecule has 0 saturated heterocycles. The molecule has 0 aromatic heterocycles. The van der Waals surface area contributed by atoms with E-state index < -0.39 is 10.0 Å². The largest absolute Gasteiger partial charge is 0.497 e. The Balaban J connectivity index is 1.57. The maximum Gasteiger partial charge on any atom is 0.240 e. The number of benzene rings is 4. The van der Waals surface area contributed by atoms with Crippen molar-refractivity contribution in [1.29, 1.82) is 0 Å². The molecule has 0 atom stereocenters. The van der Waals surface area contributed by atoms with Crippen molar-refractivity contribution in [1.82, 2.24) is 4.72 Å². The van der Waals surface area contributed by atoms with E-state index in [1.165, 1.54) is 0 Å². The Morgan fingerprint density at radius 2 is 1.44 bits per heavy atom. The predicted molar refractivity (Wildman–Crippen MR) is 108 cm³/mol. The zero-order valence-corrected chi connectivity index (χ0v) is 15.7. The lowest BCUT2D eigenvalue weighted by molar-refractivity contribution is 0.415. The molecular weight excluding hydrogens is 358 g/mol. The molecule has 0 aliphatic carbocycles. The standard InChI is InChI=1S/C22H19NO3S/c1-26-21-10-8-20-14-22(11-9-19(20)13-21)27(24,25)23-15-16-6-7-17-4-2-3-5-18(17)12-16/h2-14,23H,15H2,1H3. The van der Waals surface area contributed by atoms with Gasteiger partial charge in [0.15, 0.2) is 0 Å². The molecule has 0 bridgehead atoms. The van der Waals surface area contributed by atoms with Gasteiger partial charge in [-0.15, -0.1) is 0 Å². The van der Waals surface area contributed by atoms with E-state index >= 15 is 0 Å². The molecule has 0 unspecified atom stereocenters. The maximum absolute atomic E-state index is 12.7. The van der Waals surface area contributed by atoms with Crippen molar-refractivity contribution < 1.29 is 13.2 Å². The molecule has 136 valence electrons. The van der Waals surface area contributed by atoms with E-state index in [0.29, 0.717) is 0 Å². The van der Waals surface area contributed by atoms with Crippen molar-refractivity contribution in [2.24, 2.45) is 0 Å². The normalized spacial score (nSPS) is 11.7. The first-order valence-corrected chi connectivity index (χ1v) is 10.1. The van der Waals surface area contributed by atoms with E-state index in [1.54, 1.807) is 25.3 Å². The maximum atomic E-state index is 12.7. The second-order valence-electron chi connectivity index (χ2n) is 6.38. The number of ether oxygens (including phenoxy) is 1. The Hall–Kier alpha value is -2.89. The van der Waals surface area contributed by atoms with Gasteiger partial charge in [0.05, 0.1) is 12.0 Å². The highest BCUT2D eigenvalue weighted by atomic mass is 32.2. The number of nitrogens with one attached hydrogen (secondary N) is 1. The molecule has 0 spiro atoms. The highest BCUT2D eigenvalue weighted by Crippen LogP contribution is 2.24. The molecule has 0 saturated carbocycles. The molecule has 1 N–H and O–H groups in total. The average Bonchev–Trinajstić information content (AvgIpc) is 2.71. The fourth-order valence-corrected chi connectivity index (χ4v) is 4.16. The molecule has 0 aliphatic rings. The fourth-order valence-electron chi connectivity index (χ4n) is 3.11. The smallest absolute Gasteiger partial charge is 0.240 e. The van der Waals surface area contributed by atoms with Crippen LogP contribution in [0.1, 0.15) is 5.56 Å². The number of fused-ring (bicyclic) bond motifs is 2. The fraction of sp³-hybridized carbons (Fsp3) is 0.0909. The summed E-state index contributed by atoms with van der Waals surface area (Å²) in [5.74, 6) is 0.743. The van der Waals surface area contributed by atoms with Crippen LogP contribution >= 0.6 is 0 Å². The summed E-state index contributed by atoms with van der Waals surface area (Å²) in [7, 11) is -1.99. The van der Waals surface area contributed by atoms with Crippen LogP contribution in [0, 0.1) is 0 Å². The topological polar surface area (TPSA) is 55.4 Å².